The van der Waals surface area contributed by atoms with E-state index in [0.717, 1.165) is 23.9 Å². The van der Waals surface area contributed by atoms with E-state index in [1.165, 1.54) is 11.8 Å². The number of nitrogens with zero attached hydrogens (tertiary/aromatic N) is 1. The van der Waals surface area contributed by atoms with E-state index >= 15 is 0 Å². The molecule has 2 aromatic rings. The minimum Gasteiger partial charge on any atom is -0.319 e. The van der Waals surface area contributed by atoms with Crippen molar-refractivity contribution in [2.24, 2.45) is 0 Å². The summed E-state index contributed by atoms with van der Waals surface area (Å²) in [6, 6.07) is 5.97. The van der Waals surface area contributed by atoms with E-state index in [1.54, 1.807) is 0 Å². The van der Waals surface area contributed by atoms with Crippen LogP contribution in [0.2, 0.25) is 0 Å². The van der Waals surface area contributed by atoms with Crippen LogP contribution in [0.5, 0.6) is 0 Å². The van der Waals surface area contributed by atoms with Crippen LogP contribution in [0, 0.1) is 0 Å². The molecule has 3 nitrogen and oxygen atoms in total. The van der Waals surface area contributed by atoms with Crippen molar-refractivity contribution in [1.29, 1.82) is 0 Å². The molecule has 0 unspecified atom stereocenters. The Bertz CT molecular complexity index is 502. The van der Waals surface area contributed by atoms with Crippen LogP contribution in [0.1, 0.15) is 18.9 Å². The molecule has 0 saturated carbocycles. The van der Waals surface area contributed by atoms with Gasteiger partial charge in [0, 0.05) is 0 Å². The lowest BCUT2D eigenvalue weighted by Gasteiger charge is -2.00. The number of hydrogen-bond acceptors (Lipinski definition) is 2. The molecule has 0 saturated heterocycles. The van der Waals surface area contributed by atoms with E-state index in [9.17, 15) is 4.79 Å². The highest BCUT2D eigenvalue weighted by Crippen LogP contribution is 2.11. The van der Waals surface area contributed by atoms with Crippen molar-refractivity contribution in [3.8, 4) is 0 Å². The molecule has 1 aromatic heterocycles. The van der Waals surface area contributed by atoms with E-state index in [2.05, 4.69) is 16.9 Å². The summed E-state index contributed by atoms with van der Waals surface area (Å²) < 4.78 is 0. The van der Waals surface area contributed by atoms with Gasteiger partial charge in [0.25, 0.3) is 5.56 Å². The second-order valence-corrected chi connectivity index (χ2v) is 3.35. The van der Waals surface area contributed by atoms with Crippen LogP contribution in [0.4, 0.5) is 0 Å². The van der Waals surface area contributed by atoms with Gasteiger partial charge < -0.3 is 4.98 Å². The monoisotopic (exact) mass is 188 g/mol. The lowest BCUT2D eigenvalue weighted by atomic mass is 10.1. The fraction of sp³-hybridized carbons (Fsp3) is 0.273. The first kappa shape index (κ1) is 8.94. The molecule has 0 aliphatic heterocycles. The van der Waals surface area contributed by atoms with Gasteiger partial charge in [-0.05, 0) is 24.1 Å². The fourth-order valence-corrected chi connectivity index (χ4v) is 1.53. The summed E-state index contributed by atoms with van der Waals surface area (Å²) in [6.07, 6.45) is 3.49. The zero-order chi connectivity index (χ0) is 9.97. The summed E-state index contributed by atoms with van der Waals surface area (Å²) in [5.74, 6) is 0. The maximum atomic E-state index is 11.0. The van der Waals surface area contributed by atoms with Gasteiger partial charge in [0.1, 0.15) is 0 Å². The minimum atomic E-state index is -0.152. The summed E-state index contributed by atoms with van der Waals surface area (Å²) in [5.41, 5.74) is 2.77. The van der Waals surface area contributed by atoms with Gasteiger partial charge in [-0.2, -0.15) is 0 Å². The molecule has 1 aromatic carbocycles. The number of nitrogens with one attached hydrogen (secondary N) is 1. The quantitative estimate of drug-likeness (QED) is 0.782. The third-order valence-electron chi connectivity index (χ3n) is 2.18. The second kappa shape index (κ2) is 3.62. The van der Waals surface area contributed by atoms with Crippen LogP contribution in [0.25, 0.3) is 11.0 Å². The maximum Gasteiger partial charge on any atom is 0.266 e. The standard InChI is InChI=1S/C11H12N2O/c1-2-3-8-4-5-9-10(6-8)12-7-11(14)13-9/h4-7H,2-3H2,1H3,(H,13,14). The largest absolute Gasteiger partial charge is 0.319 e. The van der Waals surface area contributed by atoms with Gasteiger partial charge in [0.2, 0.25) is 0 Å². The number of fused-ring (bicyclic) bond motifs is 1. The highest BCUT2D eigenvalue weighted by molar-refractivity contribution is 5.74. The molecule has 0 fully saturated rings. The van der Waals surface area contributed by atoms with Crippen LogP contribution in [0.15, 0.2) is 29.2 Å². The van der Waals surface area contributed by atoms with Crippen LogP contribution in [0.3, 0.4) is 0 Å². The lowest BCUT2D eigenvalue weighted by Crippen LogP contribution is -2.04. The first-order chi connectivity index (χ1) is 6.79. The van der Waals surface area contributed by atoms with E-state index in [1.807, 2.05) is 18.2 Å². The number of aryl methyl sites for hydroxylation is 1. The Balaban J connectivity index is 2.56. The van der Waals surface area contributed by atoms with Crippen molar-refractivity contribution in [2.75, 3.05) is 0 Å². The molecule has 1 N–H and O–H groups in total. The Morgan fingerprint density at radius 3 is 3.07 bits per heavy atom. The zero-order valence-electron chi connectivity index (χ0n) is 8.08. The highest BCUT2D eigenvalue weighted by atomic mass is 16.1. The van der Waals surface area contributed by atoms with Gasteiger partial charge in [0.15, 0.2) is 0 Å². The molecule has 0 radical (unpaired) electrons. The van der Waals surface area contributed by atoms with E-state index in [-0.39, 0.29) is 5.56 Å². The minimum absolute atomic E-state index is 0.152. The maximum absolute atomic E-state index is 11.0. The van der Waals surface area contributed by atoms with Crippen LogP contribution in [-0.4, -0.2) is 9.97 Å². The van der Waals surface area contributed by atoms with Crippen molar-refractivity contribution in [2.45, 2.75) is 19.8 Å². The molecule has 0 atom stereocenters. The fourth-order valence-electron chi connectivity index (χ4n) is 1.53. The topological polar surface area (TPSA) is 45.8 Å². The molecule has 0 bridgehead atoms. The normalized spacial score (nSPS) is 10.6. The first-order valence-corrected chi connectivity index (χ1v) is 4.77. The molecule has 0 spiro atoms. The molecule has 14 heavy (non-hydrogen) atoms. The zero-order valence-corrected chi connectivity index (χ0v) is 8.08. The number of H-pyrrole nitrogens is 1. The van der Waals surface area contributed by atoms with Crippen molar-refractivity contribution in [3.63, 3.8) is 0 Å². The molecule has 0 amide bonds. The lowest BCUT2D eigenvalue weighted by molar-refractivity contribution is 0.922. The predicted molar refractivity (Wildman–Crippen MR) is 56.4 cm³/mol. The molecule has 0 aliphatic carbocycles. The van der Waals surface area contributed by atoms with Crippen molar-refractivity contribution >= 4 is 11.0 Å². The smallest absolute Gasteiger partial charge is 0.266 e. The summed E-state index contributed by atoms with van der Waals surface area (Å²) in [7, 11) is 0. The first-order valence-electron chi connectivity index (χ1n) is 4.77. The van der Waals surface area contributed by atoms with Crippen LogP contribution < -0.4 is 5.56 Å². The molecule has 72 valence electrons. The number of rotatable bonds is 2. The van der Waals surface area contributed by atoms with Gasteiger partial charge in [0.05, 0.1) is 17.2 Å². The van der Waals surface area contributed by atoms with Gasteiger partial charge >= 0.3 is 0 Å². The van der Waals surface area contributed by atoms with Crippen molar-refractivity contribution in [3.05, 3.63) is 40.3 Å². The van der Waals surface area contributed by atoms with E-state index in [0.29, 0.717) is 0 Å². The Hall–Kier alpha value is -1.64. The SMILES string of the molecule is CCCc1ccc2[nH]c(=O)cnc2c1. The second-order valence-electron chi connectivity index (χ2n) is 3.35. The number of aromatic amines is 1. The molecular weight excluding hydrogens is 176 g/mol. The molecule has 3 heteroatoms. The Kier molecular flexibility index (Phi) is 2.31. The van der Waals surface area contributed by atoms with E-state index < -0.39 is 0 Å². The summed E-state index contributed by atoms with van der Waals surface area (Å²) in [6.45, 7) is 2.14. The highest BCUT2D eigenvalue weighted by Gasteiger charge is 1.97. The molecule has 2 rings (SSSR count). The molecular formula is C11H12N2O. The van der Waals surface area contributed by atoms with Crippen LogP contribution >= 0.6 is 0 Å². The van der Waals surface area contributed by atoms with Gasteiger partial charge in [-0.15, -0.1) is 0 Å². The Morgan fingerprint density at radius 1 is 1.43 bits per heavy atom. The third-order valence-corrected chi connectivity index (χ3v) is 2.18. The average Bonchev–Trinajstić information content (AvgIpc) is 2.19. The Labute approximate surface area is 81.8 Å². The number of hydrogen-bond donors (Lipinski definition) is 1. The predicted octanol–water partition coefficient (Wildman–Crippen LogP) is 1.88. The van der Waals surface area contributed by atoms with Gasteiger partial charge in [-0.1, -0.05) is 19.4 Å². The summed E-state index contributed by atoms with van der Waals surface area (Å²) in [5, 5.41) is 0. The molecule has 1 heterocycles. The number of aromatic nitrogens is 2. The molecule has 0 aliphatic rings. The summed E-state index contributed by atoms with van der Waals surface area (Å²) in [4.78, 5) is 17.8. The van der Waals surface area contributed by atoms with Crippen molar-refractivity contribution in [1.82, 2.24) is 9.97 Å². The van der Waals surface area contributed by atoms with Crippen LogP contribution in [-0.2, 0) is 6.42 Å². The van der Waals surface area contributed by atoms with E-state index in [4.69, 9.17) is 0 Å². The average molecular weight is 188 g/mol. The van der Waals surface area contributed by atoms with Gasteiger partial charge in [-0.25, -0.2) is 4.98 Å². The van der Waals surface area contributed by atoms with Gasteiger partial charge in [-0.3, -0.25) is 4.79 Å². The van der Waals surface area contributed by atoms with Crippen molar-refractivity contribution < 1.29 is 0 Å². The summed E-state index contributed by atoms with van der Waals surface area (Å²) >= 11 is 0. The third kappa shape index (κ3) is 1.66. The number of benzene rings is 1. The Morgan fingerprint density at radius 2 is 2.29 bits per heavy atom.